The zero-order valence-corrected chi connectivity index (χ0v) is 17.6. The number of hydrogen-bond acceptors (Lipinski definition) is 4. The van der Waals surface area contributed by atoms with Gasteiger partial charge in [0.05, 0.1) is 23.9 Å². The summed E-state index contributed by atoms with van der Waals surface area (Å²) < 4.78 is 7.54. The van der Waals surface area contributed by atoms with E-state index in [0.29, 0.717) is 22.5 Å². The van der Waals surface area contributed by atoms with Crippen LogP contribution in [-0.4, -0.2) is 33.9 Å². The molecular formula is C25H23N3O3. The van der Waals surface area contributed by atoms with Gasteiger partial charge in [0.25, 0.3) is 5.56 Å². The van der Waals surface area contributed by atoms with Crippen molar-refractivity contribution < 1.29 is 9.48 Å². The molecule has 1 aromatic heterocycles. The van der Waals surface area contributed by atoms with Crippen LogP contribution in [0.1, 0.15) is 19.4 Å². The van der Waals surface area contributed by atoms with E-state index in [9.17, 15) is 10.0 Å². The quantitative estimate of drug-likeness (QED) is 0.210. The van der Waals surface area contributed by atoms with Crippen molar-refractivity contribution in [3.05, 3.63) is 93.9 Å². The number of fused-ring (bicyclic) bond motifs is 1. The molecule has 3 aromatic carbocycles. The second-order valence-electron chi connectivity index (χ2n) is 7.52. The minimum Gasteiger partial charge on any atom is -0.624 e. The van der Waals surface area contributed by atoms with E-state index in [2.05, 4.69) is 0 Å². The number of hydrogen-bond donors (Lipinski definition) is 0. The van der Waals surface area contributed by atoms with Gasteiger partial charge in [-0.3, -0.25) is 4.79 Å². The Morgan fingerprint density at radius 1 is 1.00 bits per heavy atom. The lowest BCUT2D eigenvalue weighted by Gasteiger charge is -2.12. The Balaban J connectivity index is 1.93. The normalized spacial score (nSPS) is 11.8. The highest BCUT2D eigenvalue weighted by molar-refractivity contribution is 5.94. The standard InChI is InChI=1S/C25H23N3O3/c1-17(2)27(30)16-18-7-6-8-19(15-18)24-22-9-4-5-10-23(22)25(29)28(26-24)20-11-13-21(31-3)14-12-20/h4-17H,1-3H3/b27-16-. The molecule has 0 unspecified atom stereocenters. The minimum atomic E-state index is -0.197. The molecule has 0 fully saturated rings. The fourth-order valence-corrected chi connectivity index (χ4v) is 3.36. The molecule has 4 aromatic rings. The summed E-state index contributed by atoms with van der Waals surface area (Å²) in [5.74, 6) is 0.702. The molecular weight excluding hydrogens is 390 g/mol. The van der Waals surface area contributed by atoms with Gasteiger partial charge in [-0.2, -0.15) is 9.78 Å². The molecule has 0 bridgehead atoms. The summed E-state index contributed by atoms with van der Waals surface area (Å²) in [6.07, 6.45) is 1.57. The predicted octanol–water partition coefficient (Wildman–Crippen LogP) is 4.40. The van der Waals surface area contributed by atoms with E-state index in [0.717, 1.165) is 21.3 Å². The van der Waals surface area contributed by atoms with E-state index in [1.165, 1.54) is 4.68 Å². The lowest BCUT2D eigenvalue weighted by molar-refractivity contribution is -0.487. The fraction of sp³-hybridized carbons (Fsp3) is 0.160. The molecule has 0 aliphatic heterocycles. The molecule has 6 nitrogen and oxygen atoms in total. The van der Waals surface area contributed by atoms with Gasteiger partial charge in [0.2, 0.25) is 0 Å². The topological polar surface area (TPSA) is 70.2 Å². The van der Waals surface area contributed by atoms with Gasteiger partial charge < -0.3 is 9.94 Å². The summed E-state index contributed by atoms with van der Waals surface area (Å²) in [4.78, 5) is 13.2. The maximum Gasteiger partial charge on any atom is 0.279 e. The maximum atomic E-state index is 13.2. The molecule has 0 saturated heterocycles. The Morgan fingerprint density at radius 2 is 1.71 bits per heavy atom. The summed E-state index contributed by atoms with van der Waals surface area (Å²) in [7, 11) is 1.60. The van der Waals surface area contributed by atoms with Crippen molar-refractivity contribution in [1.82, 2.24) is 9.78 Å². The molecule has 156 valence electrons. The van der Waals surface area contributed by atoms with E-state index in [-0.39, 0.29) is 11.6 Å². The molecule has 0 amide bonds. The van der Waals surface area contributed by atoms with Crippen molar-refractivity contribution in [1.29, 1.82) is 0 Å². The molecule has 0 aliphatic carbocycles. The molecule has 0 saturated carbocycles. The minimum absolute atomic E-state index is 0.153. The molecule has 1 heterocycles. The number of benzene rings is 3. The van der Waals surface area contributed by atoms with Crippen LogP contribution in [0.15, 0.2) is 77.6 Å². The third kappa shape index (κ3) is 4.05. The third-order valence-corrected chi connectivity index (χ3v) is 5.07. The van der Waals surface area contributed by atoms with Crippen molar-refractivity contribution in [2.24, 2.45) is 0 Å². The summed E-state index contributed by atoms with van der Waals surface area (Å²) in [5, 5.41) is 18.1. The first-order chi connectivity index (χ1) is 15.0. The first-order valence-electron chi connectivity index (χ1n) is 10.0. The Bertz CT molecular complexity index is 1320. The first kappa shape index (κ1) is 20.3. The van der Waals surface area contributed by atoms with Crippen LogP contribution < -0.4 is 10.3 Å². The summed E-state index contributed by atoms with van der Waals surface area (Å²) in [5.41, 5.74) is 2.71. The predicted molar refractivity (Wildman–Crippen MR) is 123 cm³/mol. The van der Waals surface area contributed by atoms with E-state index in [1.807, 2.05) is 56.3 Å². The molecule has 4 rings (SSSR count). The van der Waals surface area contributed by atoms with Crippen LogP contribution in [0.2, 0.25) is 0 Å². The molecule has 31 heavy (non-hydrogen) atoms. The summed E-state index contributed by atoms with van der Waals surface area (Å²) >= 11 is 0. The summed E-state index contributed by atoms with van der Waals surface area (Å²) in [6, 6.07) is 22.1. The highest BCUT2D eigenvalue weighted by Gasteiger charge is 2.14. The van der Waals surface area contributed by atoms with E-state index in [4.69, 9.17) is 9.84 Å². The Morgan fingerprint density at radius 3 is 2.39 bits per heavy atom. The number of nitrogens with zero attached hydrogens (tertiary/aromatic N) is 3. The Kier molecular flexibility index (Phi) is 5.54. The number of methoxy groups -OCH3 is 1. The fourth-order valence-electron chi connectivity index (χ4n) is 3.36. The monoisotopic (exact) mass is 413 g/mol. The van der Waals surface area contributed by atoms with Crippen LogP contribution in [0, 0.1) is 5.21 Å². The van der Waals surface area contributed by atoms with Crippen molar-refractivity contribution in [2.75, 3.05) is 7.11 Å². The van der Waals surface area contributed by atoms with Gasteiger partial charge in [0.15, 0.2) is 12.3 Å². The van der Waals surface area contributed by atoms with Gasteiger partial charge in [-0.1, -0.05) is 30.3 Å². The molecule has 0 N–H and O–H groups in total. The van der Waals surface area contributed by atoms with Gasteiger partial charge in [-0.25, -0.2) is 4.74 Å². The van der Waals surface area contributed by atoms with E-state index >= 15 is 0 Å². The van der Waals surface area contributed by atoms with Gasteiger partial charge >= 0.3 is 0 Å². The van der Waals surface area contributed by atoms with E-state index < -0.39 is 0 Å². The number of hydroxylamine groups is 1. The average Bonchev–Trinajstić information content (AvgIpc) is 2.80. The number of aromatic nitrogens is 2. The zero-order valence-electron chi connectivity index (χ0n) is 17.6. The second kappa shape index (κ2) is 8.44. The SMILES string of the molecule is COc1ccc(-n2nc(-c3cccc(/C=[N+](\[O-])C(C)C)c3)c3ccccc3c2=O)cc1. The van der Waals surface area contributed by atoms with Crippen LogP contribution in [0.4, 0.5) is 0 Å². The van der Waals surface area contributed by atoms with Crippen molar-refractivity contribution in [2.45, 2.75) is 19.9 Å². The van der Waals surface area contributed by atoms with Gasteiger partial charge in [-0.15, -0.1) is 0 Å². The van der Waals surface area contributed by atoms with Crippen LogP contribution >= 0.6 is 0 Å². The molecule has 0 atom stereocenters. The zero-order chi connectivity index (χ0) is 22.0. The lowest BCUT2D eigenvalue weighted by atomic mass is 10.0. The molecule has 0 radical (unpaired) electrons. The maximum absolute atomic E-state index is 13.2. The van der Waals surface area contributed by atoms with Crippen LogP contribution in [0.25, 0.3) is 27.7 Å². The largest absolute Gasteiger partial charge is 0.624 e. The van der Waals surface area contributed by atoms with Crippen LogP contribution in [-0.2, 0) is 0 Å². The smallest absolute Gasteiger partial charge is 0.279 e. The Labute approximate surface area is 180 Å². The van der Waals surface area contributed by atoms with Gasteiger partial charge in [-0.05, 0) is 56.3 Å². The van der Waals surface area contributed by atoms with Gasteiger partial charge in [0, 0.05) is 16.5 Å². The summed E-state index contributed by atoms with van der Waals surface area (Å²) in [6.45, 7) is 3.68. The molecule has 6 heteroatoms. The van der Waals surface area contributed by atoms with Gasteiger partial charge in [0.1, 0.15) is 5.75 Å². The average molecular weight is 413 g/mol. The first-order valence-corrected chi connectivity index (χ1v) is 10.0. The highest BCUT2D eigenvalue weighted by atomic mass is 16.5. The van der Waals surface area contributed by atoms with E-state index in [1.54, 1.807) is 43.7 Å². The van der Waals surface area contributed by atoms with Crippen molar-refractivity contribution in [3.63, 3.8) is 0 Å². The van der Waals surface area contributed by atoms with Crippen molar-refractivity contribution >= 4 is 17.0 Å². The number of ether oxygens (including phenoxy) is 1. The van der Waals surface area contributed by atoms with Crippen LogP contribution in [0.5, 0.6) is 5.75 Å². The molecule has 0 spiro atoms. The lowest BCUT2D eigenvalue weighted by Crippen LogP contribution is -2.22. The molecule has 0 aliphatic rings. The number of rotatable bonds is 5. The third-order valence-electron chi connectivity index (χ3n) is 5.07. The highest BCUT2D eigenvalue weighted by Crippen LogP contribution is 2.26. The van der Waals surface area contributed by atoms with Crippen LogP contribution in [0.3, 0.4) is 0 Å². The van der Waals surface area contributed by atoms with Crippen molar-refractivity contribution in [3.8, 4) is 22.7 Å². The second-order valence-corrected chi connectivity index (χ2v) is 7.52. The Hall–Kier alpha value is -3.93.